The summed E-state index contributed by atoms with van der Waals surface area (Å²) in [4.78, 5) is 18.0. The Hall–Kier alpha value is -2.74. The smallest absolute Gasteiger partial charge is 0.175 e. The Morgan fingerprint density at radius 1 is 1.11 bits per heavy atom. The maximum absolute atomic E-state index is 13.7. The first kappa shape index (κ1) is 29.9. The van der Waals surface area contributed by atoms with Crippen molar-refractivity contribution >= 4 is 23.6 Å². The lowest BCUT2D eigenvalue weighted by atomic mass is 9.45. The number of aliphatic hydroxyl groups excluding tert-OH is 1. The predicted molar refractivity (Wildman–Crippen MR) is 175 cm³/mol. The molecule has 0 amide bonds. The minimum Gasteiger partial charge on any atom is -0.393 e. The van der Waals surface area contributed by atoms with E-state index in [2.05, 4.69) is 74.6 Å². The number of hydrogen-bond donors (Lipinski definition) is 2. The van der Waals surface area contributed by atoms with Crippen molar-refractivity contribution < 1.29 is 15.0 Å². The van der Waals surface area contributed by atoms with Crippen LogP contribution in [0.2, 0.25) is 0 Å². The average Bonchev–Trinajstić information content (AvgIpc) is 3.51. The summed E-state index contributed by atoms with van der Waals surface area (Å²) in [7, 11) is 0. The van der Waals surface area contributed by atoms with Crippen LogP contribution in [-0.4, -0.2) is 48.2 Å². The van der Waals surface area contributed by atoms with Crippen molar-refractivity contribution in [3.8, 4) is 5.69 Å². The molecule has 6 nitrogen and oxygen atoms in total. The second kappa shape index (κ2) is 10.4. The lowest BCUT2D eigenvalue weighted by Crippen LogP contribution is -2.62. The van der Waals surface area contributed by atoms with Crippen molar-refractivity contribution in [2.24, 2.45) is 28.6 Å². The summed E-state index contributed by atoms with van der Waals surface area (Å²) in [5.41, 5.74) is 4.00. The number of carbonyl (C=O) groups excluding carboxylic acids is 1. The van der Waals surface area contributed by atoms with Gasteiger partial charge in [-0.05, 0) is 109 Å². The number of hydrogen-bond acceptors (Lipinski definition) is 6. The van der Waals surface area contributed by atoms with Crippen molar-refractivity contribution in [1.29, 1.82) is 0 Å². The highest BCUT2D eigenvalue weighted by Crippen LogP contribution is 2.67. The SMILES string of the molecule is CC(C)(C)c1ccc(-n2ncc3c2C=C2CCC4C(C(O)CC5(C)C4CCC5(O)C(=O)CSc4ccccn4)C2(C)C3)cc1. The van der Waals surface area contributed by atoms with Crippen LogP contribution in [0.5, 0.6) is 0 Å². The fourth-order valence-corrected chi connectivity index (χ4v) is 10.5. The summed E-state index contributed by atoms with van der Waals surface area (Å²) in [6.45, 7) is 11.1. The van der Waals surface area contributed by atoms with E-state index < -0.39 is 17.1 Å². The summed E-state index contributed by atoms with van der Waals surface area (Å²) in [5.74, 6) is 0.613. The van der Waals surface area contributed by atoms with E-state index in [1.54, 1.807) is 6.20 Å². The fraction of sp³-hybridized carbons (Fsp3) is 0.541. The van der Waals surface area contributed by atoms with Crippen LogP contribution < -0.4 is 0 Å². The molecule has 4 aliphatic rings. The van der Waals surface area contributed by atoms with Crippen LogP contribution in [0.1, 0.15) is 83.5 Å². The Kier molecular flexibility index (Phi) is 7.07. The van der Waals surface area contributed by atoms with Crippen LogP contribution >= 0.6 is 11.8 Å². The molecule has 0 aliphatic heterocycles. The van der Waals surface area contributed by atoms with Gasteiger partial charge in [-0.3, -0.25) is 4.79 Å². The molecule has 2 N–H and O–H groups in total. The number of rotatable bonds is 5. The van der Waals surface area contributed by atoms with Gasteiger partial charge in [0.1, 0.15) is 5.60 Å². The lowest BCUT2D eigenvalue weighted by molar-refractivity contribution is -0.177. The molecule has 7 unspecified atom stereocenters. The molecule has 3 aromatic rings. The van der Waals surface area contributed by atoms with Crippen LogP contribution in [0.3, 0.4) is 0 Å². The maximum atomic E-state index is 13.7. The van der Waals surface area contributed by atoms with Gasteiger partial charge in [-0.2, -0.15) is 5.10 Å². The number of fused-ring (bicyclic) bond motifs is 6. The number of pyridine rings is 1. The second-order valence-electron chi connectivity index (χ2n) is 15.3. The molecule has 7 atom stereocenters. The summed E-state index contributed by atoms with van der Waals surface area (Å²) < 4.78 is 2.07. The van der Waals surface area contributed by atoms with Gasteiger partial charge in [-0.1, -0.05) is 70.2 Å². The molecule has 0 saturated heterocycles. The molecule has 0 spiro atoms. The molecular formula is C37H45N3O3S. The fourth-order valence-electron chi connectivity index (χ4n) is 9.65. The summed E-state index contributed by atoms with van der Waals surface area (Å²) in [6.07, 6.45) is 10.0. The standard InChI is InChI=1S/C37H45N3O3S/c1-34(2,3)24-9-12-26(13-10-24)40-29-18-25-11-14-27-28-15-16-37(43,31(42)22-44-32-8-6-7-17-38-32)36(28,5)20-30(41)33(27)35(25,4)19-23(29)21-39-40/h6-10,12-13,17-18,21,27-28,30,33,41,43H,11,14-16,19-20,22H2,1-5H3. The first-order valence-electron chi connectivity index (χ1n) is 16.2. The van der Waals surface area contributed by atoms with Crippen molar-refractivity contribution in [1.82, 2.24) is 14.8 Å². The minimum atomic E-state index is -1.42. The Morgan fingerprint density at radius 3 is 2.59 bits per heavy atom. The molecule has 3 fully saturated rings. The highest BCUT2D eigenvalue weighted by molar-refractivity contribution is 7.99. The van der Waals surface area contributed by atoms with E-state index in [-0.39, 0.29) is 40.1 Å². The largest absolute Gasteiger partial charge is 0.393 e. The number of aromatic nitrogens is 3. The number of carbonyl (C=O) groups is 1. The minimum absolute atomic E-state index is 0.0866. The third-order valence-electron chi connectivity index (χ3n) is 12.0. The van der Waals surface area contributed by atoms with Crippen molar-refractivity contribution in [3.05, 3.63) is 77.3 Å². The van der Waals surface area contributed by atoms with E-state index >= 15 is 0 Å². The molecule has 4 aliphatic carbocycles. The van der Waals surface area contributed by atoms with E-state index in [1.165, 1.54) is 28.5 Å². The Labute approximate surface area is 265 Å². The van der Waals surface area contributed by atoms with Crippen molar-refractivity contribution in [2.75, 3.05) is 5.75 Å². The molecular weight excluding hydrogens is 566 g/mol. The normalized spacial score (nSPS) is 34.4. The second-order valence-corrected chi connectivity index (χ2v) is 16.3. The molecule has 0 bridgehead atoms. The molecule has 2 aromatic heterocycles. The van der Waals surface area contributed by atoms with E-state index in [0.29, 0.717) is 12.8 Å². The zero-order chi connectivity index (χ0) is 31.1. The molecule has 1 aromatic carbocycles. The number of Topliss-reactive ketones (excluding diaryl/α,β-unsaturated/α-hetero) is 1. The van der Waals surface area contributed by atoms with E-state index in [4.69, 9.17) is 5.10 Å². The first-order chi connectivity index (χ1) is 20.8. The van der Waals surface area contributed by atoms with Crippen molar-refractivity contribution in [2.45, 2.75) is 95.3 Å². The zero-order valence-corrected chi connectivity index (χ0v) is 27.4. The number of benzene rings is 1. The molecule has 0 radical (unpaired) electrons. The summed E-state index contributed by atoms with van der Waals surface area (Å²) >= 11 is 1.39. The highest BCUT2D eigenvalue weighted by Gasteiger charge is 2.68. The van der Waals surface area contributed by atoms with Gasteiger partial charge in [0.15, 0.2) is 5.78 Å². The Morgan fingerprint density at radius 2 is 1.89 bits per heavy atom. The maximum Gasteiger partial charge on any atom is 0.175 e. The first-order valence-corrected chi connectivity index (χ1v) is 17.2. The monoisotopic (exact) mass is 611 g/mol. The zero-order valence-electron chi connectivity index (χ0n) is 26.6. The molecule has 44 heavy (non-hydrogen) atoms. The molecule has 232 valence electrons. The van der Waals surface area contributed by atoms with E-state index in [9.17, 15) is 15.0 Å². The predicted octanol–water partition coefficient (Wildman–Crippen LogP) is 6.81. The van der Waals surface area contributed by atoms with Gasteiger partial charge in [0.25, 0.3) is 0 Å². The average molecular weight is 612 g/mol. The van der Waals surface area contributed by atoms with Gasteiger partial charge in [0.05, 0.1) is 34.5 Å². The van der Waals surface area contributed by atoms with Gasteiger partial charge >= 0.3 is 0 Å². The highest BCUT2D eigenvalue weighted by atomic mass is 32.2. The van der Waals surface area contributed by atoms with Gasteiger partial charge in [0.2, 0.25) is 0 Å². The van der Waals surface area contributed by atoms with Gasteiger partial charge < -0.3 is 10.2 Å². The van der Waals surface area contributed by atoms with Crippen LogP contribution in [0.4, 0.5) is 0 Å². The molecule has 2 heterocycles. The molecule has 3 saturated carbocycles. The quantitative estimate of drug-likeness (QED) is 0.308. The third-order valence-corrected chi connectivity index (χ3v) is 12.9. The molecule has 7 rings (SSSR count). The number of aliphatic hydroxyl groups is 2. The number of thioether (sulfide) groups is 1. The number of nitrogens with zero attached hydrogens (tertiary/aromatic N) is 3. The number of allylic oxidation sites excluding steroid dienone is 1. The van der Waals surface area contributed by atoms with Crippen LogP contribution in [0, 0.1) is 28.6 Å². The Bertz CT molecular complexity index is 1610. The van der Waals surface area contributed by atoms with Crippen LogP contribution in [0.25, 0.3) is 11.8 Å². The topological polar surface area (TPSA) is 88.2 Å². The lowest BCUT2D eigenvalue weighted by Gasteiger charge is -2.60. The van der Waals surface area contributed by atoms with E-state index in [1.807, 2.05) is 24.4 Å². The van der Waals surface area contributed by atoms with Gasteiger partial charge in [-0.25, -0.2) is 9.67 Å². The third kappa shape index (κ3) is 4.48. The van der Waals surface area contributed by atoms with Crippen LogP contribution in [0.15, 0.2) is 65.5 Å². The number of ketones is 1. The van der Waals surface area contributed by atoms with E-state index in [0.717, 1.165) is 42.1 Å². The summed E-state index contributed by atoms with van der Waals surface area (Å²) in [6, 6.07) is 14.4. The molecule has 7 heteroatoms. The van der Waals surface area contributed by atoms with Crippen LogP contribution in [-0.2, 0) is 16.6 Å². The summed E-state index contributed by atoms with van der Waals surface area (Å²) in [5, 5.41) is 29.7. The van der Waals surface area contributed by atoms with Gasteiger partial charge in [0, 0.05) is 11.6 Å². The van der Waals surface area contributed by atoms with Crippen molar-refractivity contribution in [3.63, 3.8) is 0 Å². The van der Waals surface area contributed by atoms with Gasteiger partial charge in [-0.15, -0.1) is 0 Å². The Balaban J connectivity index is 1.15.